The van der Waals surface area contributed by atoms with E-state index in [4.69, 9.17) is 0 Å². The van der Waals surface area contributed by atoms with Crippen LogP contribution in [0.25, 0.3) is 0 Å². The summed E-state index contributed by atoms with van der Waals surface area (Å²) in [5.74, 6) is -0.975. The molecule has 0 bridgehead atoms. The Morgan fingerprint density at radius 2 is 1.59 bits per heavy atom. The lowest BCUT2D eigenvalue weighted by Gasteiger charge is -2.10. The average molecular weight is 421 g/mol. The Kier molecular flexibility index (Phi) is 7.86. The highest BCUT2D eigenvalue weighted by molar-refractivity contribution is 7.89. The first kappa shape index (κ1) is 22.5. The SMILES string of the molecule is CC(C)NC(=O)Cc1ccc(NC(=O)CCNS(=O)(=O)c2ccc(F)cc2)cc1. The van der Waals surface area contributed by atoms with Crippen molar-refractivity contribution in [3.8, 4) is 0 Å². The smallest absolute Gasteiger partial charge is 0.240 e. The fourth-order valence-electron chi connectivity index (χ4n) is 2.48. The van der Waals surface area contributed by atoms with E-state index in [1.165, 1.54) is 0 Å². The molecule has 156 valence electrons. The van der Waals surface area contributed by atoms with Crippen LogP contribution in [0.3, 0.4) is 0 Å². The van der Waals surface area contributed by atoms with E-state index in [2.05, 4.69) is 15.4 Å². The lowest BCUT2D eigenvalue weighted by Crippen LogP contribution is -2.31. The molecule has 0 heterocycles. The van der Waals surface area contributed by atoms with Gasteiger partial charge in [0.1, 0.15) is 5.82 Å². The van der Waals surface area contributed by atoms with Gasteiger partial charge >= 0.3 is 0 Å². The third kappa shape index (κ3) is 7.63. The van der Waals surface area contributed by atoms with E-state index in [9.17, 15) is 22.4 Å². The largest absolute Gasteiger partial charge is 0.354 e. The van der Waals surface area contributed by atoms with Gasteiger partial charge in [-0.2, -0.15) is 0 Å². The van der Waals surface area contributed by atoms with Crippen molar-refractivity contribution in [2.24, 2.45) is 0 Å². The van der Waals surface area contributed by atoms with E-state index >= 15 is 0 Å². The van der Waals surface area contributed by atoms with Crippen molar-refractivity contribution in [3.05, 3.63) is 59.9 Å². The summed E-state index contributed by atoms with van der Waals surface area (Å²) in [6.07, 6.45) is 0.177. The number of anilines is 1. The molecule has 2 aromatic rings. The van der Waals surface area contributed by atoms with Crippen LogP contribution in [0.2, 0.25) is 0 Å². The van der Waals surface area contributed by atoms with Crippen molar-refractivity contribution in [2.45, 2.75) is 37.6 Å². The van der Waals surface area contributed by atoms with Crippen LogP contribution in [0.15, 0.2) is 53.4 Å². The van der Waals surface area contributed by atoms with Gasteiger partial charge in [-0.25, -0.2) is 17.5 Å². The zero-order chi connectivity index (χ0) is 21.4. The summed E-state index contributed by atoms with van der Waals surface area (Å²) in [6, 6.07) is 11.3. The number of hydrogen-bond donors (Lipinski definition) is 3. The van der Waals surface area contributed by atoms with Gasteiger partial charge in [-0.15, -0.1) is 0 Å². The predicted octanol–water partition coefficient (Wildman–Crippen LogP) is 2.20. The zero-order valence-electron chi connectivity index (χ0n) is 16.2. The molecule has 0 aliphatic heterocycles. The maximum Gasteiger partial charge on any atom is 0.240 e. The number of benzene rings is 2. The Morgan fingerprint density at radius 1 is 0.966 bits per heavy atom. The van der Waals surface area contributed by atoms with Gasteiger partial charge in [0.2, 0.25) is 21.8 Å². The molecule has 0 unspecified atom stereocenters. The second kappa shape index (κ2) is 10.1. The molecule has 0 saturated carbocycles. The van der Waals surface area contributed by atoms with E-state index < -0.39 is 15.8 Å². The summed E-state index contributed by atoms with van der Waals surface area (Å²) in [5, 5.41) is 5.47. The molecule has 0 aliphatic rings. The molecule has 0 spiro atoms. The molecule has 0 aliphatic carbocycles. The number of hydrogen-bond acceptors (Lipinski definition) is 4. The average Bonchev–Trinajstić information content (AvgIpc) is 2.63. The summed E-state index contributed by atoms with van der Waals surface area (Å²) < 4.78 is 39.3. The Labute approximate surface area is 169 Å². The molecular formula is C20H24FN3O4S. The van der Waals surface area contributed by atoms with Crippen LogP contribution in [-0.4, -0.2) is 32.8 Å². The fourth-order valence-corrected chi connectivity index (χ4v) is 3.52. The van der Waals surface area contributed by atoms with Crippen molar-refractivity contribution in [2.75, 3.05) is 11.9 Å². The van der Waals surface area contributed by atoms with Crippen LogP contribution < -0.4 is 15.4 Å². The van der Waals surface area contributed by atoms with Gasteiger partial charge in [0.15, 0.2) is 0 Å². The molecule has 0 atom stereocenters. The molecule has 9 heteroatoms. The predicted molar refractivity (Wildman–Crippen MR) is 108 cm³/mol. The maximum atomic E-state index is 12.9. The highest BCUT2D eigenvalue weighted by Crippen LogP contribution is 2.11. The topological polar surface area (TPSA) is 104 Å². The van der Waals surface area contributed by atoms with Gasteiger partial charge in [-0.3, -0.25) is 9.59 Å². The maximum absolute atomic E-state index is 12.9. The van der Waals surface area contributed by atoms with Gasteiger partial charge in [-0.1, -0.05) is 12.1 Å². The van der Waals surface area contributed by atoms with E-state index in [0.29, 0.717) is 5.69 Å². The minimum atomic E-state index is -3.81. The number of rotatable bonds is 9. The molecule has 0 aromatic heterocycles. The Hall–Kier alpha value is -2.78. The highest BCUT2D eigenvalue weighted by Gasteiger charge is 2.14. The van der Waals surface area contributed by atoms with Gasteiger partial charge in [0.05, 0.1) is 11.3 Å². The molecule has 2 aromatic carbocycles. The first-order chi connectivity index (χ1) is 13.7. The van der Waals surface area contributed by atoms with Crippen LogP contribution in [0, 0.1) is 5.82 Å². The first-order valence-corrected chi connectivity index (χ1v) is 10.6. The third-order valence-electron chi connectivity index (χ3n) is 3.82. The Balaban J connectivity index is 1.80. The third-order valence-corrected chi connectivity index (χ3v) is 5.30. The van der Waals surface area contributed by atoms with E-state index in [1.807, 2.05) is 13.8 Å². The number of carbonyl (C=O) groups excluding carboxylic acids is 2. The highest BCUT2D eigenvalue weighted by atomic mass is 32.2. The van der Waals surface area contributed by atoms with E-state index in [1.54, 1.807) is 24.3 Å². The van der Waals surface area contributed by atoms with Gasteiger partial charge in [0, 0.05) is 24.7 Å². The van der Waals surface area contributed by atoms with Crippen molar-refractivity contribution in [1.82, 2.24) is 10.0 Å². The molecule has 29 heavy (non-hydrogen) atoms. The van der Waals surface area contributed by atoms with Gasteiger partial charge in [0.25, 0.3) is 0 Å². The summed E-state index contributed by atoms with van der Waals surface area (Å²) in [5.41, 5.74) is 1.36. The molecule has 7 nitrogen and oxygen atoms in total. The first-order valence-electron chi connectivity index (χ1n) is 9.09. The van der Waals surface area contributed by atoms with Crippen LogP contribution in [0.4, 0.5) is 10.1 Å². The Morgan fingerprint density at radius 3 is 2.17 bits per heavy atom. The Bertz CT molecular complexity index is 943. The van der Waals surface area contributed by atoms with Crippen molar-refractivity contribution >= 4 is 27.5 Å². The second-order valence-electron chi connectivity index (χ2n) is 6.75. The molecule has 3 N–H and O–H groups in total. The van der Waals surface area contributed by atoms with Gasteiger partial charge < -0.3 is 10.6 Å². The summed E-state index contributed by atoms with van der Waals surface area (Å²) >= 11 is 0. The standard InChI is InChI=1S/C20H24FN3O4S/c1-14(2)23-20(26)13-15-3-7-17(8-4-15)24-19(25)11-12-22-29(27,28)18-9-5-16(21)6-10-18/h3-10,14,22H,11-13H2,1-2H3,(H,23,26)(H,24,25). The normalized spacial score (nSPS) is 11.3. The summed E-state index contributed by atoms with van der Waals surface area (Å²) in [7, 11) is -3.81. The van der Waals surface area contributed by atoms with E-state index in [-0.39, 0.29) is 42.1 Å². The van der Waals surface area contributed by atoms with Crippen molar-refractivity contribution in [1.29, 1.82) is 0 Å². The number of halogens is 1. The van der Waals surface area contributed by atoms with E-state index in [0.717, 1.165) is 29.8 Å². The van der Waals surface area contributed by atoms with Gasteiger partial charge in [-0.05, 0) is 55.8 Å². The fraction of sp³-hybridized carbons (Fsp3) is 0.300. The molecule has 0 fully saturated rings. The number of nitrogens with one attached hydrogen (secondary N) is 3. The minimum Gasteiger partial charge on any atom is -0.354 e. The summed E-state index contributed by atoms with van der Waals surface area (Å²) in [4.78, 5) is 23.7. The number of sulfonamides is 1. The molecule has 0 radical (unpaired) electrons. The molecule has 0 saturated heterocycles. The monoisotopic (exact) mass is 421 g/mol. The van der Waals surface area contributed by atoms with Crippen LogP contribution >= 0.6 is 0 Å². The lowest BCUT2D eigenvalue weighted by molar-refractivity contribution is -0.121. The summed E-state index contributed by atoms with van der Waals surface area (Å²) in [6.45, 7) is 3.67. The van der Waals surface area contributed by atoms with Crippen molar-refractivity contribution in [3.63, 3.8) is 0 Å². The second-order valence-corrected chi connectivity index (χ2v) is 8.51. The number of amides is 2. The molecule has 2 amide bonds. The van der Waals surface area contributed by atoms with Crippen LogP contribution in [0.1, 0.15) is 25.8 Å². The minimum absolute atomic E-state index is 0.0705. The quantitative estimate of drug-likeness (QED) is 0.577. The lowest BCUT2D eigenvalue weighted by atomic mass is 10.1. The molecular weight excluding hydrogens is 397 g/mol. The zero-order valence-corrected chi connectivity index (χ0v) is 17.1. The molecule has 2 rings (SSSR count). The number of carbonyl (C=O) groups is 2. The van der Waals surface area contributed by atoms with Crippen molar-refractivity contribution < 1.29 is 22.4 Å². The van der Waals surface area contributed by atoms with Crippen LogP contribution in [-0.2, 0) is 26.0 Å². The van der Waals surface area contributed by atoms with Crippen LogP contribution in [0.5, 0.6) is 0 Å².